The quantitative estimate of drug-likeness (QED) is 0.731. The summed E-state index contributed by atoms with van der Waals surface area (Å²) < 4.78 is 6.03. The molecule has 0 bridgehead atoms. The molecule has 0 unspecified atom stereocenters. The van der Waals surface area contributed by atoms with Crippen LogP contribution in [0.1, 0.15) is 56.9 Å². The molecule has 2 aliphatic rings. The standard InChI is InChI=1S/C24H32N4O2/c1-18-10-12-21(13-11-18)30-24-22(25-14-15-26-24)28-16-6-7-19(17-28)23(29)27-20-8-4-2-3-5-9-20/h10-15,19-20H,2-9,16-17H2,1H3,(H,27,29)/t19-/m1/s1. The van der Waals surface area contributed by atoms with E-state index in [1.54, 1.807) is 12.4 Å². The van der Waals surface area contributed by atoms with Crippen LogP contribution in [0, 0.1) is 12.8 Å². The van der Waals surface area contributed by atoms with Gasteiger partial charge in [0, 0.05) is 31.5 Å². The zero-order chi connectivity index (χ0) is 20.8. The topological polar surface area (TPSA) is 67.4 Å². The third kappa shape index (κ3) is 5.29. The van der Waals surface area contributed by atoms with Gasteiger partial charge in [-0.2, -0.15) is 0 Å². The highest BCUT2D eigenvalue weighted by Gasteiger charge is 2.29. The van der Waals surface area contributed by atoms with E-state index in [4.69, 9.17) is 4.74 Å². The molecule has 1 atom stereocenters. The summed E-state index contributed by atoms with van der Waals surface area (Å²) in [7, 11) is 0. The molecule has 6 nitrogen and oxygen atoms in total. The van der Waals surface area contributed by atoms with Crippen LogP contribution >= 0.6 is 0 Å². The van der Waals surface area contributed by atoms with E-state index in [0.29, 0.717) is 24.3 Å². The second kappa shape index (κ2) is 9.92. The minimum absolute atomic E-state index is 0.0174. The SMILES string of the molecule is Cc1ccc(Oc2nccnc2N2CCC[C@@H](C(=O)NC3CCCCCC3)C2)cc1. The monoisotopic (exact) mass is 408 g/mol. The molecule has 1 N–H and O–H groups in total. The van der Waals surface area contributed by atoms with E-state index in [2.05, 4.69) is 20.2 Å². The van der Waals surface area contributed by atoms with Gasteiger partial charge in [0.25, 0.3) is 5.88 Å². The fourth-order valence-electron chi connectivity index (χ4n) is 4.45. The summed E-state index contributed by atoms with van der Waals surface area (Å²) in [6.45, 7) is 3.56. The number of benzene rings is 1. The second-order valence-corrected chi connectivity index (χ2v) is 8.58. The first-order valence-corrected chi connectivity index (χ1v) is 11.3. The van der Waals surface area contributed by atoms with Gasteiger partial charge in [0.2, 0.25) is 5.91 Å². The average Bonchev–Trinajstić information content (AvgIpc) is 3.04. The van der Waals surface area contributed by atoms with E-state index >= 15 is 0 Å². The van der Waals surface area contributed by atoms with Crippen LogP contribution < -0.4 is 15.0 Å². The molecular formula is C24H32N4O2. The van der Waals surface area contributed by atoms with Gasteiger partial charge in [-0.15, -0.1) is 0 Å². The first-order valence-electron chi connectivity index (χ1n) is 11.3. The number of aromatic nitrogens is 2. The smallest absolute Gasteiger partial charge is 0.263 e. The van der Waals surface area contributed by atoms with Crippen molar-refractivity contribution in [3.8, 4) is 11.6 Å². The van der Waals surface area contributed by atoms with Crippen molar-refractivity contribution in [3.05, 3.63) is 42.2 Å². The number of carbonyl (C=O) groups excluding carboxylic acids is 1. The van der Waals surface area contributed by atoms with Crippen molar-refractivity contribution in [2.75, 3.05) is 18.0 Å². The molecule has 1 aliphatic carbocycles. The Kier molecular flexibility index (Phi) is 6.82. The largest absolute Gasteiger partial charge is 0.436 e. The minimum atomic E-state index is -0.0174. The number of ether oxygens (including phenoxy) is 1. The lowest BCUT2D eigenvalue weighted by molar-refractivity contribution is -0.126. The van der Waals surface area contributed by atoms with Crippen molar-refractivity contribution in [1.82, 2.24) is 15.3 Å². The molecule has 2 heterocycles. The fraction of sp³-hybridized carbons (Fsp3) is 0.542. The minimum Gasteiger partial charge on any atom is -0.436 e. The molecule has 1 saturated carbocycles. The van der Waals surface area contributed by atoms with Crippen LogP contribution in [0.2, 0.25) is 0 Å². The zero-order valence-electron chi connectivity index (χ0n) is 17.8. The third-order valence-electron chi connectivity index (χ3n) is 6.18. The lowest BCUT2D eigenvalue weighted by Gasteiger charge is -2.34. The van der Waals surface area contributed by atoms with Crippen LogP contribution in [0.25, 0.3) is 0 Å². The maximum Gasteiger partial charge on any atom is 0.263 e. The number of nitrogens with one attached hydrogen (secondary N) is 1. The van der Waals surface area contributed by atoms with Crippen LogP contribution in [-0.4, -0.2) is 35.0 Å². The molecule has 6 heteroatoms. The van der Waals surface area contributed by atoms with E-state index in [-0.39, 0.29) is 11.8 Å². The van der Waals surface area contributed by atoms with Crippen molar-refractivity contribution >= 4 is 11.7 Å². The number of hydrogen-bond donors (Lipinski definition) is 1. The Morgan fingerprint density at radius 2 is 1.73 bits per heavy atom. The van der Waals surface area contributed by atoms with Crippen molar-refractivity contribution in [2.24, 2.45) is 5.92 Å². The van der Waals surface area contributed by atoms with Crippen LogP contribution in [0.15, 0.2) is 36.7 Å². The van der Waals surface area contributed by atoms with Gasteiger partial charge >= 0.3 is 0 Å². The highest BCUT2D eigenvalue weighted by Crippen LogP contribution is 2.31. The number of amides is 1. The number of anilines is 1. The van der Waals surface area contributed by atoms with E-state index < -0.39 is 0 Å². The van der Waals surface area contributed by atoms with Crippen LogP contribution in [0.3, 0.4) is 0 Å². The van der Waals surface area contributed by atoms with Crippen LogP contribution in [-0.2, 0) is 4.79 Å². The maximum absolute atomic E-state index is 13.0. The molecule has 30 heavy (non-hydrogen) atoms. The highest BCUT2D eigenvalue weighted by molar-refractivity contribution is 5.80. The summed E-state index contributed by atoms with van der Waals surface area (Å²) >= 11 is 0. The fourth-order valence-corrected chi connectivity index (χ4v) is 4.45. The first-order chi connectivity index (χ1) is 14.7. The van der Waals surface area contributed by atoms with Gasteiger partial charge in [0.15, 0.2) is 5.82 Å². The van der Waals surface area contributed by atoms with Gasteiger partial charge in [-0.3, -0.25) is 4.79 Å². The number of nitrogens with zero attached hydrogens (tertiary/aromatic N) is 3. The molecule has 1 aromatic heterocycles. The number of piperidine rings is 1. The Bertz CT molecular complexity index is 831. The van der Waals surface area contributed by atoms with E-state index in [0.717, 1.165) is 38.0 Å². The predicted molar refractivity (Wildman–Crippen MR) is 118 cm³/mol. The lowest BCUT2D eigenvalue weighted by Crippen LogP contribution is -2.46. The number of aryl methyl sites for hydroxylation is 1. The zero-order valence-corrected chi connectivity index (χ0v) is 17.8. The first kappa shape index (κ1) is 20.6. The van der Waals surface area contributed by atoms with Gasteiger partial charge in [-0.1, -0.05) is 43.4 Å². The molecule has 2 aromatic rings. The van der Waals surface area contributed by atoms with Crippen molar-refractivity contribution in [2.45, 2.75) is 64.3 Å². The van der Waals surface area contributed by atoms with Crippen LogP contribution in [0.4, 0.5) is 5.82 Å². The molecule has 160 valence electrons. The molecular weight excluding hydrogens is 376 g/mol. The Labute approximate surface area is 179 Å². The number of carbonyl (C=O) groups is 1. The molecule has 0 radical (unpaired) electrons. The molecule has 1 amide bonds. The summed E-state index contributed by atoms with van der Waals surface area (Å²) in [6, 6.07) is 8.24. The van der Waals surface area contributed by atoms with Crippen molar-refractivity contribution < 1.29 is 9.53 Å². The molecule has 1 aromatic carbocycles. The Balaban J connectivity index is 1.42. The molecule has 2 fully saturated rings. The van der Waals surface area contributed by atoms with Crippen LogP contribution in [0.5, 0.6) is 11.6 Å². The van der Waals surface area contributed by atoms with Gasteiger partial charge in [0.05, 0.1) is 5.92 Å². The van der Waals surface area contributed by atoms with Gasteiger partial charge in [-0.05, 0) is 44.7 Å². The number of hydrogen-bond acceptors (Lipinski definition) is 5. The predicted octanol–water partition coefficient (Wildman–Crippen LogP) is 4.63. The van der Waals surface area contributed by atoms with Crippen molar-refractivity contribution in [3.63, 3.8) is 0 Å². The Morgan fingerprint density at radius 1 is 1.00 bits per heavy atom. The third-order valence-corrected chi connectivity index (χ3v) is 6.18. The summed E-state index contributed by atoms with van der Waals surface area (Å²) in [5, 5.41) is 3.33. The summed E-state index contributed by atoms with van der Waals surface area (Å²) in [5.74, 6) is 2.12. The normalized spacial score (nSPS) is 20.4. The van der Waals surface area contributed by atoms with Crippen molar-refractivity contribution in [1.29, 1.82) is 0 Å². The summed E-state index contributed by atoms with van der Waals surface area (Å²) in [6.07, 6.45) is 12.5. The Morgan fingerprint density at radius 3 is 2.50 bits per heavy atom. The lowest BCUT2D eigenvalue weighted by atomic mass is 9.96. The maximum atomic E-state index is 13.0. The Hall–Kier alpha value is -2.63. The van der Waals surface area contributed by atoms with E-state index in [9.17, 15) is 4.79 Å². The molecule has 4 rings (SSSR count). The molecule has 1 aliphatic heterocycles. The van der Waals surface area contributed by atoms with Gasteiger partial charge < -0.3 is 15.0 Å². The summed E-state index contributed by atoms with van der Waals surface area (Å²) in [5.41, 5.74) is 1.18. The summed E-state index contributed by atoms with van der Waals surface area (Å²) in [4.78, 5) is 24.1. The van der Waals surface area contributed by atoms with E-state index in [1.807, 2.05) is 31.2 Å². The second-order valence-electron chi connectivity index (χ2n) is 8.58. The molecule has 0 spiro atoms. The van der Waals surface area contributed by atoms with Gasteiger partial charge in [0.1, 0.15) is 5.75 Å². The highest BCUT2D eigenvalue weighted by atomic mass is 16.5. The average molecular weight is 409 g/mol. The van der Waals surface area contributed by atoms with Gasteiger partial charge in [-0.25, -0.2) is 9.97 Å². The molecule has 1 saturated heterocycles. The van der Waals surface area contributed by atoms with E-state index in [1.165, 1.54) is 31.2 Å². The number of rotatable bonds is 5.